The average molecular weight is 279 g/mol. The molecule has 0 atom stereocenters. The second kappa shape index (κ2) is 3.15. The van der Waals surface area contributed by atoms with Crippen LogP contribution < -0.4 is 5.73 Å². The van der Waals surface area contributed by atoms with E-state index in [4.69, 9.17) is 5.73 Å². The van der Waals surface area contributed by atoms with Crippen molar-refractivity contribution < 1.29 is 0 Å². The Balaban J connectivity index is 3.46. The fourth-order valence-corrected chi connectivity index (χ4v) is 1.89. The van der Waals surface area contributed by atoms with Crippen molar-refractivity contribution in [3.05, 3.63) is 26.1 Å². The fourth-order valence-electron chi connectivity index (χ4n) is 0.924. The van der Waals surface area contributed by atoms with Gasteiger partial charge >= 0.3 is 0 Å². The molecule has 1 rings (SSSR count). The maximum atomic E-state index is 5.80. The van der Waals surface area contributed by atoms with E-state index in [9.17, 15) is 0 Å². The second-order valence-electron chi connectivity index (χ2n) is 2.53. The lowest BCUT2D eigenvalue weighted by Crippen LogP contribution is -1.94. The first-order valence-electron chi connectivity index (χ1n) is 3.24. The first-order chi connectivity index (χ1) is 5.04. The van der Waals surface area contributed by atoms with Gasteiger partial charge in [-0.3, -0.25) is 0 Å². The third-order valence-electron chi connectivity index (χ3n) is 1.71. The molecule has 2 N–H and O–H groups in total. The molecule has 1 nitrogen and oxygen atoms in total. The summed E-state index contributed by atoms with van der Waals surface area (Å²) in [5, 5.41) is 0. The summed E-state index contributed by atoms with van der Waals surface area (Å²) < 4.78 is 2.10. The maximum Gasteiger partial charge on any atom is 0.0385 e. The molecule has 0 unspecified atom stereocenters. The molecule has 0 aliphatic rings. The van der Waals surface area contributed by atoms with Crippen LogP contribution in [0.25, 0.3) is 0 Å². The number of halogens is 2. The van der Waals surface area contributed by atoms with Crippen LogP contribution in [0.1, 0.15) is 11.1 Å². The summed E-state index contributed by atoms with van der Waals surface area (Å²) in [7, 11) is 0. The van der Waals surface area contributed by atoms with Gasteiger partial charge in [-0.05, 0) is 62.9 Å². The zero-order valence-electron chi connectivity index (χ0n) is 6.41. The maximum absolute atomic E-state index is 5.80. The van der Waals surface area contributed by atoms with E-state index in [1.54, 1.807) is 0 Å². The molecule has 0 bridgehead atoms. The van der Waals surface area contributed by atoms with E-state index in [1.807, 2.05) is 19.9 Å². The molecule has 0 amide bonds. The predicted octanol–water partition coefficient (Wildman–Crippen LogP) is 3.41. The van der Waals surface area contributed by atoms with Gasteiger partial charge < -0.3 is 5.73 Å². The molecule has 0 aliphatic heterocycles. The van der Waals surface area contributed by atoms with Gasteiger partial charge in [0.05, 0.1) is 0 Å². The number of benzene rings is 1. The van der Waals surface area contributed by atoms with E-state index >= 15 is 0 Å². The fraction of sp³-hybridized carbons (Fsp3) is 0.250. The molecule has 1 aromatic rings. The summed E-state index contributed by atoms with van der Waals surface area (Å²) in [5.41, 5.74) is 8.87. The molecular formula is C8H9Br2N. The van der Waals surface area contributed by atoms with Crippen molar-refractivity contribution in [3.8, 4) is 0 Å². The molecule has 0 heterocycles. The number of anilines is 1. The quantitative estimate of drug-likeness (QED) is 0.723. The Labute approximate surface area is 83.2 Å². The van der Waals surface area contributed by atoms with E-state index in [0.717, 1.165) is 25.8 Å². The van der Waals surface area contributed by atoms with Crippen LogP contribution >= 0.6 is 31.9 Å². The number of rotatable bonds is 0. The monoisotopic (exact) mass is 277 g/mol. The Kier molecular flexibility index (Phi) is 2.60. The highest BCUT2D eigenvalue weighted by molar-refractivity contribution is 9.13. The highest BCUT2D eigenvalue weighted by Gasteiger charge is 2.05. The van der Waals surface area contributed by atoms with Gasteiger partial charge in [0.2, 0.25) is 0 Å². The van der Waals surface area contributed by atoms with Gasteiger partial charge in [-0.1, -0.05) is 0 Å². The molecule has 11 heavy (non-hydrogen) atoms. The minimum atomic E-state index is 0.861. The summed E-state index contributed by atoms with van der Waals surface area (Å²) >= 11 is 6.87. The van der Waals surface area contributed by atoms with Gasteiger partial charge in [-0.25, -0.2) is 0 Å². The number of aryl methyl sites for hydroxylation is 1. The van der Waals surface area contributed by atoms with E-state index in [2.05, 4.69) is 31.9 Å². The van der Waals surface area contributed by atoms with Crippen LogP contribution in [0.5, 0.6) is 0 Å². The van der Waals surface area contributed by atoms with Gasteiger partial charge in [0.1, 0.15) is 0 Å². The van der Waals surface area contributed by atoms with Gasteiger partial charge in [0.15, 0.2) is 0 Å². The zero-order valence-corrected chi connectivity index (χ0v) is 9.58. The highest BCUT2D eigenvalue weighted by atomic mass is 79.9. The lowest BCUT2D eigenvalue weighted by atomic mass is 10.1. The molecule has 0 radical (unpaired) electrons. The first kappa shape index (κ1) is 9.07. The Morgan fingerprint density at radius 3 is 2.36 bits per heavy atom. The van der Waals surface area contributed by atoms with Crippen molar-refractivity contribution in [2.45, 2.75) is 13.8 Å². The van der Waals surface area contributed by atoms with Gasteiger partial charge in [-0.15, -0.1) is 0 Å². The van der Waals surface area contributed by atoms with Gasteiger partial charge in [-0.2, -0.15) is 0 Å². The standard InChI is InChI=1S/C8H9Br2N/c1-4-3-6(9)7(10)5(2)8(4)11/h3H,11H2,1-2H3. The minimum Gasteiger partial charge on any atom is -0.398 e. The van der Waals surface area contributed by atoms with Crippen LogP contribution in [0, 0.1) is 13.8 Å². The van der Waals surface area contributed by atoms with Crippen molar-refractivity contribution in [3.63, 3.8) is 0 Å². The van der Waals surface area contributed by atoms with Crippen LogP contribution in [0.15, 0.2) is 15.0 Å². The van der Waals surface area contributed by atoms with Crippen LogP contribution in [-0.4, -0.2) is 0 Å². The van der Waals surface area contributed by atoms with E-state index in [1.165, 1.54) is 0 Å². The van der Waals surface area contributed by atoms with Crippen LogP contribution in [0.4, 0.5) is 5.69 Å². The Hall–Kier alpha value is -0.0200. The number of hydrogen-bond donors (Lipinski definition) is 1. The third-order valence-corrected chi connectivity index (χ3v) is 3.89. The SMILES string of the molecule is Cc1cc(Br)c(Br)c(C)c1N. The van der Waals surface area contributed by atoms with E-state index < -0.39 is 0 Å². The molecule has 0 saturated heterocycles. The van der Waals surface area contributed by atoms with Crippen molar-refractivity contribution >= 4 is 37.5 Å². The summed E-state index contributed by atoms with van der Waals surface area (Å²) in [6.45, 7) is 4.00. The molecule has 0 saturated carbocycles. The summed E-state index contributed by atoms with van der Waals surface area (Å²) in [6, 6.07) is 2.01. The second-order valence-corrected chi connectivity index (χ2v) is 4.18. The van der Waals surface area contributed by atoms with Crippen LogP contribution in [0.3, 0.4) is 0 Å². The largest absolute Gasteiger partial charge is 0.398 e. The smallest absolute Gasteiger partial charge is 0.0385 e. The molecule has 60 valence electrons. The summed E-state index contributed by atoms with van der Waals surface area (Å²) in [6.07, 6.45) is 0. The zero-order chi connectivity index (χ0) is 8.59. The molecule has 0 spiro atoms. The first-order valence-corrected chi connectivity index (χ1v) is 4.83. The lowest BCUT2D eigenvalue weighted by molar-refractivity contribution is 1.34. The van der Waals surface area contributed by atoms with E-state index in [0.29, 0.717) is 0 Å². The Morgan fingerprint density at radius 2 is 1.82 bits per heavy atom. The molecule has 3 heteroatoms. The Morgan fingerprint density at radius 1 is 1.27 bits per heavy atom. The van der Waals surface area contributed by atoms with Gasteiger partial charge in [0.25, 0.3) is 0 Å². The topological polar surface area (TPSA) is 26.0 Å². The van der Waals surface area contributed by atoms with Crippen molar-refractivity contribution in [2.24, 2.45) is 0 Å². The van der Waals surface area contributed by atoms with Crippen LogP contribution in [0.2, 0.25) is 0 Å². The molecule has 0 aliphatic carbocycles. The highest BCUT2D eigenvalue weighted by Crippen LogP contribution is 2.32. The number of hydrogen-bond acceptors (Lipinski definition) is 1. The minimum absolute atomic E-state index is 0.861. The normalized spacial score (nSPS) is 10.2. The summed E-state index contributed by atoms with van der Waals surface area (Å²) in [4.78, 5) is 0. The Bertz CT molecular complexity index is 268. The molecule has 0 aromatic heterocycles. The predicted molar refractivity (Wildman–Crippen MR) is 55.7 cm³/mol. The number of nitrogen functional groups attached to an aromatic ring is 1. The summed E-state index contributed by atoms with van der Waals surface area (Å²) in [5.74, 6) is 0. The average Bonchev–Trinajstić information content (AvgIpc) is 1.97. The van der Waals surface area contributed by atoms with Gasteiger partial charge in [0, 0.05) is 14.6 Å². The van der Waals surface area contributed by atoms with Crippen molar-refractivity contribution in [1.29, 1.82) is 0 Å². The van der Waals surface area contributed by atoms with Crippen LogP contribution in [-0.2, 0) is 0 Å². The van der Waals surface area contributed by atoms with Crippen molar-refractivity contribution in [1.82, 2.24) is 0 Å². The number of nitrogens with two attached hydrogens (primary N) is 1. The molecule has 1 aromatic carbocycles. The third kappa shape index (κ3) is 1.59. The molecule has 0 fully saturated rings. The molecular weight excluding hydrogens is 270 g/mol. The van der Waals surface area contributed by atoms with E-state index in [-0.39, 0.29) is 0 Å². The lowest BCUT2D eigenvalue weighted by Gasteiger charge is -2.07. The van der Waals surface area contributed by atoms with Crippen molar-refractivity contribution in [2.75, 3.05) is 5.73 Å².